The average molecular weight is 1070 g/mol. The maximum atomic E-state index is 6.79. The Hall–Kier alpha value is -8.18. The van der Waals surface area contributed by atoms with Gasteiger partial charge in [-0.2, -0.15) is 12.1 Å². The summed E-state index contributed by atoms with van der Waals surface area (Å²) in [6.07, 6.45) is 1.88. The van der Waals surface area contributed by atoms with Gasteiger partial charge in [0, 0.05) is 94.0 Å². The SMILES string of the molecule is Cc1cc(C)cc(-c2cccc(-c3ccccc3)c2N2[CH-]N(c3[c-]c(Oc4[c-]c5c(cc4)c4cccc6c7cccc8c9ccccc9n(c9cccnc9n5c46)c87)ccc3)c3ccccc32)c1.[Pt]. The second-order valence-electron chi connectivity index (χ2n) is 17.8. The number of aromatic nitrogens is 3. The molecule has 332 valence electrons. The molecule has 69 heavy (non-hydrogen) atoms. The van der Waals surface area contributed by atoms with Crippen molar-refractivity contribution in [3.63, 3.8) is 0 Å². The van der Waals surface area contributed by atoms with Gasteiger partial charge in [-0.25, -0.2) is 4.98 Å². The summed E-state index contributed by atoms with van der Waals surface area (Å²) < 4.78 is 11.5. The van der Waals surface area contributed by atoms with Gasteiger partial charge < -0.3 is 23.3 Å². The molecule has 0 spiro atoms. The number of pyridine rings is 1. The van der Waals surface area contributed by atoms with Crippen LogP contribution in [0.2, 0.25) is 0 Å². The van der Waals surface area contributed by atoms with Gasteiger partial charge in [-0.05, 0) is 60.7 Å². The summed E-state index contributed by atoms with van der Waals surface area (Å²) in [5, 5.41) is 6.96. The molecule has 0 atom stereocenters. The van der Waals surface area contributed by atoms with E-state index in [9.17, 15) is 0 Å². The van der Waals surface area contributed by atoms with E-state index < -0.39 is 0 Å². The summed E-state index contributed by atoms with van der Waals surface area (Å²) in [6.45, 7) is 6.53. The molecule has 0 saturated heterocycles. The zero-order valence-corrected chi connectivity index (χ0v) is 39.9. The Labute approximate surface area is 413 Å². The van der Waals surface area contributed by atoms with E-state index in [1.807, 2.05) is 30.5 Å². The third-order valence-electron chi connectivity index (χ3n) is 13.6. The van der Waals surface area contributed by atoms with E-state index in [-0.39, 0.29) is 21.1 Å². The fourth-order valence-corrected chi connectivity index (χ4v) is 10.9. The molecule has 6 nitrogen and oxygen atoms in total. The first-order valence-electron chi connectivity index (χ1n) is 23.0. The molecule has 7 heteroatoms. The van der Waals surface area contributed by atoms with Gasteiger partial charge in [-0.1, -0.05) is 150 Å². The van der Waals surface area contributed by atoms with E-state index in [1.165, 1.54) is 38.4 Å². The number of para-hydroxylation sites is 6. The van der Waals surface area contributed by atoms with Crippen LogP contribution in [0.5, 0.6) is 11.5 Å². The minimum atomic E-state index is 0. The number of ether oxygens (including phenoxy) is 1. The normalized spacial score (nSPS) is 12.6. The molecule has 0 aliphatic carbocycles. The van der Waals surface area contributed by atoms with Crippen LogP contribution >= 0.6 is 0 Å². The summed E-state index contributed by atoms with van der Waals surface area (Å²) in [7, 11) is 0. The molecule has 1 aliphatic rings. The molecule has 0 fully saturated rings. The second-order valence-corrected chi connectivity index (χ2v) is 17.8. The van der Waals surface area contributed by atoms with Gasteiger partial charge in [-0.15, -0.1) is 48.1 Å². The molecule has 0 bridgehead atoms. The van der Waals surface area contributed by atoms with E-state index in [0.29, 0.717) is 11.5 Å². The Kier molecular flexibility index (Phi) is 9.50. The average Bonchev–Trinajstić information content (AvgIpc) is 4.04. The molecule has 0 amide bonds. The largest absolute Gasteiger partial charge is 0.509 e. The van der Waals surface area contributed by atoms with E-state index in [4.69, 9.17) is 9.72 Å². The third kappa shape index (κ3) is 6.32. The first-order valence-corrected chi connectivity index (χ1v) is 23.0. The summed E-state index contributed by atoms with van der Waals surface area (Å²) in [5.74, 6) is 1.17. The third-order valence-corrected chi connectivity index (χ3v) is 13.6. The summed E-state index contributed by atoms with van der Waals surface area (Å²) in [5.41, 5.74) is 17.3. The van der Waals surface area contributed by atoms with E-state index >= 15 is 0 Å². The number of anilines is 4. The topological polar surface area (TPSA) is 37.4 Å². The molecule has 13 aromatic rings. The number of aryl methyl sites for hydroxylation is 2. The van der Waals surface area contributed by atoms with Crippen LogP contribution in [0.3, 0.4) is 0 Å². The van der Waals surface area contributed by atoms with Crippen LogP contribution < -0.4 is 14.5 Å². The van der Waals surface area contributed by atoms with Crippen LogP contribution in [0.1, 0.15) is 11.1 Å². The van der Waals surface area contributed by atoms with Crippen LogP contribution in [0.25, 0.3) is 87.8 Å². The van der Waals surface area contributed by atoms with Gasteiger partial charge in [0.2, 0.25) is 0 Å². The maximum Gasteiger partial charge on any atom is 0.160 e. The van der Waals surface area contributed by atoms with Gasteiger partial charge in [0.1, 0.15) is 0 Å². The van der Waals surface area contributed by atoms with Crippen molar-refractivity contribution in [2.45, 2.75) is 13.8 Å². The first-order chi connectivity index (χ1) is 33.6. The fourth-order valence-electron chi connectivity index (χ4n) is 10.9. The number of benzene rings is 9. The van der Waals surface area contributed by atoms with Gasteiger partial charge in [-0.3, -0.25) is 0 Å². The Morgan fingerprint density at radius 2 is 1.06 bits per heavy atom. The number of nitrogens with zero attached hydrogens (tertiary/aromatic N) is 5. The number of hydrogen-bond donors (Lipinski definition) is 0. The van der Waals surface area contributed by atoms with Crippen LogP contribution in [0.4, 0.5) is 22.7 Å². The van der Waals surface area contributed by atoms with Gasteiger partial charge >= 0.3 is 0 Å². The zero-order valence-electron chi connectivity index (χ0n) is 37.6. The summed E-state index contributed by atoms with van der Waals surface area (Å²) in [4.78, 5) is 9.69. The Bertz CT molecular complexity index is 4190. The van der Waals surface area contributed by atoms with Crippen LogP contribution in [0, 0.1) is 32.6 Å². The minimum absolute atomic E-state index is 0. The Morgan fingerprint density at radius 1 is 0.464 bits per heavy atom. The van der Waals surface area contributed by atoms with Crippen molar-refractivity contribution >= 4 is 88.3 Å². The van der Waals surface area contributed by atoms with Gasteiger partial charge in [0.25, 0.3) is 0 Å². The van der Waals surface area contributed by atoms with Crippen molar-refractivity contribution in [1.29, 1.82) is 0 Å². The van der Waals surface area contributed by atoms with Gasteiger partial charge in [0.15, 0.2) is 5.65 Å². The molecular formula is C62H40N5OPt-3. The van der Waals surface area contributed by atoms with Crippen molar-refractivity contribution in [3.8, 4) is 33.8 Å². The van der Waals surface area contributed by atoms with E-state index in [0.717, 1.165) is 83.3 Å². The molecule has 0 N–H and O–H groups in total. The fraction of sp³-hybridized carbons (Fsp3) is 0.0323. The molecule has 0 radical (unpaired) electrons. The van der Waals surface area contributed by atoms with Crippen LogP contribution in [0.15, 0.2) is 200 Å². The number of rotatable bonds is 6. The second kappa shape index (κ2) is 16.0. The molecule has 0 unspecified atom stereocenters. The smallest absolute Gasteiger partial charge is 0.160 e. The minimum Gasteiger partial charge on any atom is -0.509 e. The Morgan fingerprint density at radius 3 is 1.84 bits per heavy atom. The van der Waals surface area contributed by atoms with Crippen molar-refractivity contribution in [3.05, 3.63) is 230 Å². The first kappa shape index (κ1) is 41.0. The molecule has 14 rings (SSSR count). The van der Waals surface area contributed by atoms with E-state index in [2.05, 4.69) is 221 Å². The van der Waals surface area contributed by atoms with Crippen molar-refractivity contribution < 1.29 is 25.8 Å². The summed E-state index contributed by atoms with van der Waals surface area (Å²) >= 11 is 0. The number of hydrogen-bond acceptors (Lipinski definition) is 4. The molecule has 5 heterocycles. The molecule has 0 saturated carbocycles. The quantitative estimate of drug-likeness (QED) is 0.156. The molecular weight excluding hydrogens is 1030 g/mol. The molecule has 4 aromatic heterocycles. The monoisotopic (exact) mass is 1070 g/mol. The number of fused-ring (bicyclic) bond motifs is 11. The van der Waals surface area contributed by atoms with Crippen molar-refractivity contribution in [1.82, 2.24) is 13.8 Å². The predicted octanol–water partition coefficient (Wildman–Crippen LogP) is 16.1. The van der Waals surface area contributed by atoms with Gasteiger partial charge in [0.05, 0.1) is 16.6 Å². The molecule has 9 aromatic carbocycles. The van der Waals surface area contributed by atoms with Crippen molar-refractivity contribution in [2.75, 3.05) is 9.80 Å². The van der Waals surface area contributed by atoms with Crippen LogP contribution in [-0.4, -0.2) is 13.8 Å². The standard InChI is InChI=1S/C62H40N5O.Pt/c1-39-33-40(2)35-42(34-39)47-21-11-20-46(41-15-4-3-5-16-41)59(47)65-38-64(55-27-8-9-28-56(55)65)43-17-10-18-44(36-43)68-45-30-31-49-51-23-13-25-53-52-24-12-22-50-48-19-6-7-26-54(48)66(60(50)52)57-29-14-32-63-62(57)67(61(51)53)58(49)37-45;/h3-35,38H,1-2H3;/q-3;. The Balaban J connectivity index is 0.00000469. The molecule has 1 aliphatic heterocycles. The van der Waals surface area contributed by atoms with Crippen molar-refractivity contribution in [2.24, 2.45) is 0 Å². The van der Waals surface area contributed by atoms with Crippen LogP contribution in [-0.2, 0) is 21.1 Å². The predicted molar refractivity (Wildman–Crippen MR) is 280 cm³/mol. The van der Waals surface area contributed by atoms with E-state index in [1.54, 1.807) is 0 Å². The summed E-state index contributed by atoms with van der Waals surface area (Å²) in [6, 6.07) is 76.5. The zero-order chi connectivity index (χ0) is 45.0. The maximum absolute atomic E-state index is 6.79.